The Morgan fingerprint density at radius 2 is 1.85 bits per heavy atom. The van der Waals surface area contributed by atoms with Crippen molar-refractivity contribution in [1.82, 2.24) is 19.8 Å². The van der Waals surface area contributed by atoms with Crippen LogP contribution in [0.2, 0.25) is 0 Å². The third-order valence-corrected chi connectivity index (χ3v) is 11.4. The van der Waals surface area contributed by atoms with E-state index in [1.807, 2.05) is 45.3 Å². The van der Waals surface area contributed by atoms with Crippen molar-refractivity contribution in [2.75, 3.05) is 44.7 Å². The summed E-state index contributed by atoms with van der Waals surface area (Å²) in [6, 6.07) is 14.5. The van der Waals surface area contributed by atoms with E-state index in [2.05, 4.69) is 43.7 Å². The fourth-order valence-electron chi connectivity index (χ4n) is 9.06. The zero-order chi connectivity index (χ0) is 37.0. The second-order valence-electron chi connectivity index (χ2n) is 15.8. The summed E-state index contributed by atoms with van der Waals surface area (Å²) in [4.78, 5) is 35.1. The van der Waals surface area contributed by atoms with Gasteiger partial charge < -0.3 is 29.2 Å². The van der Waals surface area contributed by atoms with Crippen LogP contribution in [-0.4, -0.2) is 78.0 Å². The molecule has 3 aliphatic rings. The Hall–Kier alpha value is -4.43. The standard InChI is InChI=1S/C41H53FN6O4/c1-6-37-45-17-20-47(37)27-41(31-9-7-10-32(42)22-31,34-11-8-12-36(34)51-39(50)44-5)30-15-18-46(19-16-30)24-29-25-48(26-29)35-14-13-28(23-43)21-33(35)38(49)52-40(2,3)4/h7,9-10,13-14,17,20-22,29-30,34,36H,6,8,11-12,15-16,18-19,24-27H2,1-5H3,(H,44,50)/t34-,36-,41-/m0/s1. The number of ether oxygens (including phenoxy) is 2. The van der Waals surface area contributed by atoms with Crippen molar-refractivity contribution in [1.29, 1.82) is 5.26 Å². The van der Waals surface area contributed by atoms with E-state index in [1.54, 1.807) is 25.2 Å². The van der Waals surface area contributed by atoms with Crippen molar-refractivity contribution >= 4 is 17.7 Å². The van der Waals surface area contributed by atoms with Gasteiger partial charge in [0.2, 0.25) is 0 Å². The number of aryl methyl sites for hydroxylation is 1. The monoisotopic (exact) mass is 712 g/mol. The van der Waals surface area contributed by atoms with Crippen LogP contribution in [0.5, 0.6) is 0 Å². The van der Waals surface area contributed by atoms with Crippen LogP contribution in [0, 0.1) is 34.9 Å². The van der Waals surface area contributed by atoms with Crippen molar-refractivity contribution in [3.8, 4) is 6.07 Å². The van der Waals surface area contributed by atoms with E-state index in [1.165, 1.54) is 6.07 Å². The van der Waals surface area contributed by atoms with Gasteiger partial charge in [-0.15, -0.1) is 0 Å². The van der Waals surface area contributed by atoms with Crippen LogP contribution < -0.4 is 10.2 Å². The number of aromatic nitrogens is 2. The average molecular weight is 713 g/mol. The summed E-state index contributed by atoms with van der Waals surface area (Å²) in [5, 5.41) is 12.1. The molecule has 1 aliphatic carbocycles. The van der Waals surface area contributed by atoms with Crippen molar-refractivity contribution < 1.29 is 23.5 Å². The summed E-state index contributed by atoms with van der Waals surface area (Å²) in [5.41, 5.74) is 1.52. The molecule has 0 unspecified atom stereocenters. The molecule has 1 aromatic heterocycles. The number of carbonyl (C=O) groups is 2. The smallest absolute Gasteiger partial charge is 0.407 e. The Labute approximate surface area is 307 Å². The van der Waals surface area contributed by atoms with Crippen molar-refractivity contribution in [2.24, 2.45) is 17.8 Å². The van der Waals surface area contributed by atoms with Gasteiger partial charge in [-0.1, -0.05) is 19.1 Å². The number of imidazole rings is 1. The predicted molar refractivity (Wildman–Crippen MR) is 198 cm³/mol. The molecule has 6 rings (SSSR count). The largest absolute Gasteiger partial charge is 0.456 e. The second-order valence-corrected chi connectivity index (χ2v) is 15.8. The third-order valence-electron chi connectivity index (χ3n) is 11.4. The molecule has 2 aliphatic heterocycles. The van der Waals surface area contributed by atoms with Gasteiger partial charge in [0.25, 0.3) is 0 Å². The van der Waals surface area contributed by atoms with Crippen LogP contribution in [0.3, 0.4) is 0 Å². The highest BCUT2D eigenvalue weighted by Gasteiger charge is 2.53. The van der Waals surface area contributed by atoms with Gasteiger partial charge in [-0.05, 0) is 108 Å². The molecule has 3 aromatic rings. The quantitative estimate of drug-likeness (QED) is 0.218. The molecule has 52 heavy (non-hydrogen) atoms. The summed E-state index contributed by atoms with van der Waals surface area (Å²) in [6.45, 7) is 12.7. The minimum atomic E-state index is -0.639. The minimum Gasteiger partial charge on any atom is -0.456 e. The highest BCUT2D eigenvalue weighted by molar-refractivity contribution is 5.96. The fraction of sp³-hybridized carbons (Fsp3) is 0.561. The Kier molecular flexibility index (Phi) is 11.2. The van der Waals surface area contributed by atoms with Gasteiger partial charge in [0.1, 0.15) is 23.3 Å². The molecule has 278 valence electrons. The normalized spacial score (nSPS) is 21.2. The Balaban J connectivity index is 1.21. The number of hydrogen-bond donors (Lipinski definition) is 1. The number of alkyl carbamates (subject to hydrolysis) is 1. The molecule has 2 aromatic carbocycles. The predicted octanol–water partition coefficient (Wildman–Crippen LogP) is 6.72. The lowest BCUT2D eigenvalue weighted by Crippen LogP contribution is -2.55. The number of piperidine rings is 1. The van der Waals surface area contributed by atoms with E-state index in [0.717, 1.165) is 88.3 Å². The molecule has 0 bridgehead atoms. The molecular weight excluding hydrogens is 659 g/mol. The number of hydrogen-bond acceptors (Lipinski definition) is 8. The number of likely N-dealkylation sites (tertiary alicyclic amines) is 1. The van der Waals surface area contributed by atoms with Crippen LogP contribution >= 0.6 is 0 Å². The highest BCUT2D eigenvalue weighted by atomic mass is 19.1. The highest BCUT2D eigenvalue weighted by Crippen LogP contribution is 2.52. The zero-order valence-corrected chi connectivity index (χ0v) is 31.2. The number of rotatable bonds is 11. The van der Waals surface area contributed by atoms with Gasteiger partial charge in [0.05, 0.1) is 22.9 Å². The average Bonchev–Trinajstić information content (AvgIpc) is 3.77. The topological polar surface area (TPSA) is 113 Å². The lowest BCUT2D eigenvalue weighted by Gasteiger charge is -2.51. The summed E-state index contributed by atoms with van der Waals surface area (Å²) in [7, 11) is 1.59. The number of esters is 1. The van der Waals surface area contributed by atoms with Crippen LogP contribution in [0.1, 0.15) is 87.1 Å². The van der Waals surface area contributed by atoms with Crippen LogP contribution in [0.25, 0.3) is 0 Å². The Morgan fingerprint density at radius 1 is 1.08 bits per heavy atom. The fourth-order valence-corrected chi connectivity index (χ4v) is 9.06. The number of amides is 1. The maximum absolute atomic E-state index is 15.2. The van der Waals surface area contributed by atoms with E-state index in [0.29, 0.717) is 23.6 Å². The number of anilines is 1. The molecule has 3 fully saturated rings. The van der Waals surface area contributed by atoms with E-state index < -0.39 is 23.1 Å². The lowest BCUT2D eigenvalue weighted by molar-refractivity contribution is 0.00143. The molecule has 11 heteroatoms. The number of benzene rings is 2. The maximum Gasteiger partial charge on any atom is 0.407 e. The molecule has 3 heterocycles. The number of nitriles is 1. The first-order valence-corrected chi connectivity index (χ1v) is 18.8. The molecule has 2 saturated heterocycles. The molecule has 0 spiro atoms. The van der Waals surface area contributed by atoms with Gasteiger partial charge in [-0.25, -0.2) is 19.0 Å². The first-order valence-electron chi connectivity index (χ1n) is 18.8. The van der Waals surface area contributed by atoms with Crippen molar-refractivity contribution in [3.05, 3.63) is 83.2 Å². The molecule has 1 N–H and O–H groups in total. The van der Waals surface area contributed by atoms with Gasteiger partial charge in [-0.2, -0.15) is 5.26 Å². The molecule has 0 radical (unpaired) electrons. The SMILES string of the molecule is CCc1nccn1C[C@@](c1cccc(F)c1)(C1CCN(CC2CN(c3ccc(C#N)cc3C(=O)OC(C)(C)C)C2)CC1)[C@H]1CCC[C@@H]1OC(=O)NC. The van der Waals surface area contributed by atoms with E-state index >= 15 is 4.39 Å². The van der Waals surface area contributed by atoms with E-state index in [-0.39, 0.29) is 23.8 Å². The van der Waals surface area contributed by atoms with E-state index in [4.69, 9.17) is 9.47 Å². The van der Waals surface area contributed by atoms with Gasteiger partial charge in [-0.3, -0.25) is 0 Å². The summed E-state index contributed by atoms with van der Waals surface area (Å²) in [5.74, 6) is 0.996. The third kappa shape index (κ3) is 7.97. The van der Waals surface area contributed by atoms with Gasteiger partial charge in [0, 0.05) is 69.3 Å². The first-order chi connectivity index (χ1) is 24.9. The maximum atomic E-state index is 15.2. The zero-order valence-electron chi connectivity index (χ0n) is 31.2. The van der Waals surface area contributed by atoms with E-state index in [9.17, 15) is 14.9 Å². The Morgan fingerprint density at radius 3 is 2.52 bits per heavy atom. The molecule has 10 nitrogen and oxygen atoms in total. The summed E-state index contributed by atoms with van der Waals surface area (Å²) < 4.78 is 29.2. The summed E-state index contributed by atoms with van der Waals surface area (Å²) >= 11 is 0. The molecule has 1 amide bonds. The molecule has 1 saturated carbocycles. The van der Waals surface area contributed by atoms with Crippen LogP contribution in [0.4, 0.5) is 14.9 Å². The number of nitrogens with one attached hydrogen (secondary N) is 1. The number of nitrogens with zero attached hydrogens (tertiary/aromatic N) is 5. The molecule has 3 atom stereocenters. The van der Waals surface area contributed by atoms with Crippen LogP contribution in [-0.2, 0) is 27.9 Å². The molecular formula is C41H53FN6O4. The van der Waals surface area contributed by atoms with Crippen molar-refractivity contribution in [3.63, 3.8) is 0 Å². The van der Waals surface area contributed by atoms with Crippen LogP contribution in [0.15, 0.2) is 54.9 Å². The lowest BCUT2D eigenvalue weighted by atomic mass is 9.58. The number of halogens is 1. The number of carbonyl (C=O) groups excluding carboxylic acids is 2. The van der Waals surface area contributed by atoms with Gasteiger partial charge >= 0.3 is 12.1 Å². The summed E-state index contributed by atoms with van der Waals surface area (Å²) in [6.07, 6.45) is 8.47. The first kappa shape index (κ1) is 37.3. The van der Waals surface area contributed by atoms with Crippen molar-refractivity contribution in [2.45, 2.75) is 89.9 Å². The van der Waals surface area contributed by atoms with Gasteiger partial charge in [0.15, 0.2) is 0 Å². The Bertz CT molecular complexity index is 1770. The minimum absolute atomic E-state index is 0.0158. The second kappa shape index (κ2) is 15.7.